The number of aromatic nitrogens is 10. The van der Waals surface area contributed by atoms with Gasteiger partial charge in [0, 0.05) is 36.6 Å². The first kappa shape index (κ1) is 43.7. The molecule has 336 valence electrons. The summed E-state index contributed by atoms with van der Waals surface area (Å²) in [6, 6.07) is 24.3. The van der Waals surface area contributed by atoms with E-state index in [4.69, 9.17) is 9.47 Å². The minimum atomic E-state index is -1.50. The van der Waals surface area contributed by atoms with E-state index in [0.717, 1.165) is 33.9 Å². The highest BCUT2D eigenvalue weighted by Crippen LogP contribution is 2.39. The van der Waals surface area contributed by atoms with Crippen molar-refractivity contribution < 1.29 is 28.5 Å². The lowest BCUT2D eigenvalue weighted by molar-refractivity contribution is 0.0358. The second-order valence-corrected chi connectivity index (χ2v) is 16.3. The Morgan fingerprint density at radius 3 is 1.39 bits per heavy atom. The van der Waals surface area contributed by atoms with Crippen LogP contribution in [0.4, 0.5) is 8.78 Å². The molecule has 4 aromatic heterocycles. The van der Waals surface area contributed by atoms with Crippen LogP contribution >= 0.6 is 0 Å². The first-order valence-corrected chi connectivity index (χ1v) is 21.6. The Morgan fingerprint density at radius 2 is 1.02 bits per heavy atom. The summed E-state index contributed by atoms with van der Waals surface area (Å²) in [5.74, 6) is 2.15. The van der Waals surface area contributed by atoms with E-state index >= 15 is 0 Å². The summed E-state index contributed by atoms with van der Waals surface area (Å²) in [7, 11) is 3.26. The van der Waals surface area contributed by atoms with E-state index in [1.54, 1.807) is 84.8 Å². The third kappa shape index (κ3) is 8.55. The van der Waals surface area contributed by atoms with E-state index in [2.05, 4.69) is 30.1 Å². The summed E-state index contributed by atoms with van der Waals surface area (Å²) in [5, 5.41) is 31.8. The Morgan fingerprint density at radius 1 is 0.591 bits per heavy atom. The highest BCUT2D eigenvalue weighted by Gasteiger charge is 2.42. The lowest BCUT2D eigenvalue weighted by Crippen LogP contribution is -2.36. The maximum absolute atomic E-state index is 14.5. The Balaban J connectivity index is 0.000000166. The fourth-order valence-corrected chi connectivity index (χ4v) is 8.55. The molecule has 0 radical (unpaired) electrons. The molecule has 0 bridgehead atoms. The topological polar surface area (TPSA) is 156 Å². The van der Waals surface area contributed by atoms with Gasteiger partial charge in [-0.05, 0) is 99.2 Å². The van der Waals surface area contributed by atoms with Gasteiger partial charge in [-0.25, -0.2) is 38.1 Å². The van der Waals surface area contributed by atoms with Crippen molar-refractivity contribution in [3.8, 4) is 22.9 Å². The fraction of sp³-hybridized carbons (Fsp3) is 0.240. The Labute approximate surface area is 379 Å². The van der Waals surface area contributed by atoms with Gasteiger partial charge in [-0.3, -0.25) is 0 Å². The lowest BCUT2D eigenvalue weighted by atomic mass is 9.86. The molecule has 6 heterocycles. The number of halogens is 2. The van der Waals surface area contributed by atoms with Crippen molar-refractivity contribution in [2.45, 2.75) is 63.8 Å². The largest absolute Gasteiger partial charge is 0.495 e. The van der Waals surface area contributed by atoms with Gasteiger partial charge in [-0.1, -0.05) is 60.7 Å². The number of nitrogens with zero attached hydrogens (tertiary/aromatic N) is 10. The van der Waals surface area contributed by atoms with Crippen LogP contribution in [-0.2, 0) is 24.3 Å². The summed E-state index contributed by atoms with van der Waals surface area (Å²) < 4.78 is 47.2. The predicted octanol–water partition coefficient (Wildman–Crippen LogP) is 8.24. The Bertz CT molecular complexity index is 2890. The van der Waals surface area contributed by atoms with Crippen molar-refractivity contribution in [3.63, 3.8) is 0 Å². The number of hydrogen-bond donors (Lipinski definition) is 2. The molecule has 8 aromatic rings. The van der Waals surface area contributed by atoms with E-state index in [1.165, 1.54) is 12.1 Å². The molecule has 2 aliphatic heterocycles. The number of ether oxygens (including phenoxy) is 2. The molecular formula is C50H48F2N10O4. The smallest absolute Gasteiger partial charge is 0.174 e. The summed E-state index contributed by atoms with van der Waals surface area (Å²) in [6.45, 7) is 5.12. The molecule has 14 nitrogen and oxygen atoms in total. The second kappa shape index (κ2) is 18.1. The lowest BCUT2D eigenvalue weighted by Gasteiger charge is -2.31. The minimum absolute atomic E-state index is 0.226. The van der Waals surface area contributed by atoms with Gasteiger partial charge >= 0.3 is 0 Å². The van der Waals surface area contributed by atoms with Crippen molar-refractivity contribution >= 4 is 24.3 Å². The predicted molar refractivity (Wildman–Crippen MR) is 245 cm³/mol. The van der Waals surface area contributed by atoms with Gasteiger partial charge in [0.1, 0.15) is 23.1 Å². The third-order valence-corrected chi connectivity index (χ3v) is 11.8. The number of fused-ring (bicyclic) bond motifs is 2. The van der Waals surface area contributed by atoms with E-state index in [1.807, 2.05) is 83.9 Å². The molecule has 0 spiro atoms. The fourth-order valence-electron chi connectivity index (χ4n) is 8.55. The maximum Gasteiger partial charge on any atom is 0.174 e. The molecule has 2 aliphatic rings. The van der Waals surface area contributed by atoms with Crippen LogP contribution in [-0.4, -0.2) is 73.1 Å². The van der Waals surface area contributed by atoms with E-state index in [0.29, 0.717) is 73.6 Å². The molecular weight excluding hydrogens is 843 g/mol. The molecule has 2 N–H and O–H groups in total. The van der Waals surface area contributed by atoms with Crippen LogP contribution in [0.2, 0.25) is 0 Å². The van der Waals surface area contributed by atoms with Crippen molar-refractivity contribution in [3.05, 3.63) is 179 Å². The van der Waals surface area contributed by atoms with Gasteiger partial charge in [0.15, 0.2) is 34.5 Å². The molecule has 66 heavy (non-hydrogen) atoms. The standard InChI is InChI=1S/2C25H24FN5O2/c2*1-17-15-30(16-27-17)21-10-8-18(14-22(21)33-2)9-11-23-28-24-25(32,12-5-13-31(24)29-23)19-6-3-4-7-20(19)26/h2*3-4,6-11,14-16,32H,5,12-13H2,1-2H3/b2*11-9+/t2*25-/m10/s1. The van der Waals surface area contributed by atoms with Crippen LogP contribution in [0.1, 0.15) is 82.6 Å². The quantitative estimate of drug-likeness (QED) is 0.137. The highest BCUT2D eigenvalue weighted by molar-refractivity contribution is 5.70. The minimum Gasteiger partial charge on any atom is -0.495 e. The Hall–Kier alpha value is -7.56. The average molecular weight is 891 g/mol. The second-order valence-electron chi connectivity index (χ2n) is 16.3. The van der Waals surface area contributed by atoms with Crippen molar-refractivity contribution in [1.82, 2.24) is 48.6 Å². The number of methoxy groups -OCH3 is 2. The maximum atomic E-state index is 14.5. The van der Waals surface area contributed by atoms with Gasteiger partial charge in [-0.15, -0.1) is 0 Å². The summed E-state index contributed by atoms with van der Waals surface area (Å²) in [5.41, 5.74) is 2.88. The van der Waals surface area contributed by atoms with Gasteiger partial charge in [-0.2, -0.15) is 10.2 Å². The SMILES string of the molecule is COc1cc(/C=C/c2nc3n(n2)CCC[C@@]3(O)c2ccccc2F)ccc1-n1cnc(C)c1.COc1cc(/C=C/c2nc3n(n2)CCC[C@]3(O)c2ccccc2F)ccc1-n1cnc(C)c1. The molecule has 0 unspecified atom stereocenters. The number of aryl methyl sites for hydroxylation is 4. The molecule has 0 fully saturated rings. The number of imidazole rings is 2. The molecule has 10 rings (SSSR count). The zero-order valence-electron chi connectivity index (χ0n) is 36.9. The normalized spacial score (nSPS) is 17.9. The number of hydrogen-bond acceptors (Lipinski definition) is 10. The van der Waals surface area contributed by atoms with Gasteiger partial charge in [0.05, 0.1) is 49.6 Å². The number of rotatable bonds is 10. The van der Waals surface area contributed by atoms with Crippen LogP contribution in [0.25, 0.3) is 35.7 Å². The van der Waals surface area contributed by atoms with Gasteiger partial charge in [0.2, 0.25) is 0 Å². The molecule has 0 saturated heterocycles. The van der Waals surface area contributed by atoms with Crippen LogP contribution in [0, 0.1) is 25.5 Å². The molecule has 0 amide bonds. The van der Waals surface area contributed by atoms with E-state index < -0.39 is 22.8 Å². The van der Waals surface area contributed by atoms with E-state index in [-0.39, 0.29) is 11.1 Å². The first-order chi connectivity index (χ1) is 31.9. The summed E-state index contributed by atoms with van der Waals surface area (Å²) in [4.78, 5) is 17.6. The zero-order chi connectivity index (χ0) is 46.0. The molecule has 0 aliphatic carbocycles. The van der Waals surface area contributed by atoms with Crippen LogP contribution in [0.15, 0.2) is 110 Å². The third-order valence-electron chi connectivity index (χ3n) is 11.8. The molecule has 0 saturated carbocycles. The molecule has 4 aromatic carbocycles. The van der Waals surface area contributed by atoms with Crippen molar-refractivity contribution in [2.75, 3.05) is 14.2 Å². The first-order valence-electron chi connectivity index (χ1n) is 21.6. The van der Waals surface area contributed by atoms with Gasteiger partial charge < -0.3 is 28.8 Å². The van der Waals surface area contributed by atoms with E-state index in [9.17, 15) is 19.0 Å². The number of benzene rings is 4. The Kier molecular flexibility index (Phi) is 12.0. The summed E-state index contributed by atoms with van der Waals surface area (Å²) >= 11 is 0. The molecule has 2 atom stereocenters. The van der Waals surface area contributed by atoms with Gasteiger partial charge in [0.25, 0.3) is 0 Å². The number of aliphatic hydroxyl groups is 2. The van der Waals surface area contributed by atoms with Crippen molar-refractivity contribution in [1.29, 1.82) is 0 Å². The van der Waals surface area contributed by atoms with Crippen LogP contribution < -0.4 is 9.47 Å². The average Bonchev–Trinajstić information content (AvgIpc) is 4.16. The van der Waals surface area contributed by atoms with Crippen molar-refractivity contribution in [2.24, 2.45) is 0 Å². The monoisotopic (exact) mass is 890 g/mol. The molecule has 16 heteroatoms. The van der Waals surface area contributed by atoms with Crippen LogP contribution in [0.3, 0.4) is 0 Å². The summed E-state index contributed by atoms with van der Waals surface area (Å²) in [6.07, 6.45) is 16.8. The van der Waals surface area contributed by atoms with Crippen LogP contribution in [0.5, 0.6) is 11.5 Å². The zero-order valence-corrected chi connectivity index (χ0v) is 36.9. The highest BCUT2D eigenvalue weighted by atomic mass is 19.1.